The number of aromatic nitrogens is 3. The van der Waals surface area contributed by atoms with Gasteiger partial charge in [0.15, 0.2) is 11.0 Å². The van der Waals surface area contributed by atoms with Crippen molar-refractivity contribution in [1.29, 1.82) is 0 Å². The molecule has 1 aliphatic rings. The lowest BCUT2D eigenvalue weighted by atomic mass is 10.1. The van der Waals surface area contributed by atoms with E-state index in [0.29, 0.717) is 11.8 Å². The molecule has 0 spiro atoms. The predicted octanol–water partition coefficient (Wildman–Crippen LogP) is 4.33. The third-order valence-corrected chi connectivity index (χ3v) is 7.92. The first-order valence-corrected chi connectivity index (χ1v) is 13.4. The van der Waals surface area contributed by atoms with Crippen LogP contribution >= 0.6 is 11.8 Å². The summed E-state index contributed by atoms with van der Waals surface area (Å²) in [4.78, 5) is 19.6. The van der Waals surface area contributed by atoms with Crippen LogP contribution in [0.4, 0.5) is 5.69 Å². The van der Waals surface area contributed by atoms with Crippen LogP contribution in [0.25, 0.3) is 11.4 Å². The number of carbonyl (C=O) groups excluding carboxylic acids is 1. The molecule has 35 heavy (non-hydrogen) atoms. The Hall–Kier alpha value is -2.84. The molecule has 1 saturated heterocycles. The molecule has 0 bridgehead atoms. The van der Waals surface area contributed by atoms with Crippen molar-refractivity contribution < 1.29 is 4.79 Å². The Morgan fingerprint density at radius 2 is 1.63 bits per heavy atom. The van der Waals surface area contributed by atoms with Crippen LogP contribution in [0.3, 0.4) is 0 Å². The van der Waals surface area contributed by atoms with E-state index in [4.69, 9.17) is 0 Å². The largest absolute Gasteiger partial charge is 0.372 e. The minimum atomic E-state index is 0.162. The van der Waals surface area contributed by atoms with Gasteiger partial charge >= 0.3 is 0 Å². The van der Waals surface area contributed by atoms with E-state index in [1.165, 1.54) is 23.0 Å². The summed E-state index contributed by atoms with van der Waals surface area (Å²) in [6.07, 6.45) is 0. The number of piperazine rings is 1. The van der Waals surface area contributed by atoms with Gasteiger partial charge in [-0.15, -0.1) is 10.2 Å². The lowest BCUT2D eigenvalue weighted by Crippen LogP contribution is -2.49. The van der Waals surface area contributed by atoms with Crippen molar-refractivity contribution in [2.45, 2.75) is 32.0 Å². The van der Waals surface area contributed by atoms with Crippen molar-refractivity contribution in [2.24, 2.45) is 7.05 Å². The van der Waals surface area contributed by atoms with Crippen molar-refractivity contribution in [3.8, 4) is 11.4 Å². The lowest BCUT2D eigenvalue weighted by Gasteiger charge is -2.38. The number of rotatable bonds is 9. The summed E-state index contributed by atoms with van der Waals surface area (Å²) >= 11 is 1.46. The highest BCUT2D eigenvalue weighted by Crippen LogP contribution is 2.26. The molecule has 0 radical (unpaired) electrons. The Bertz CT molecular complexity index is 1090. The highest BCUT2D eigenvalue weighted by molar-refractivity contribution is 7.99. The number of nitrogens with zero attached hydrogens (tertiary/aromatic N) is 6. The number of hydrogen-bond donors (Lipinski definition) is 0. The Labute approximate surface area is 213 Å². The molecule has 1 fully saturated rings. The van der Waals surface area contributed by atoms with E-state index in [1.807, 2.05) is 22.6 Å². The van der Waals surface area contributed by atoms with Gasteiger partial charge in [-0.3, -0.25) is 9.69 Å². The number of amides is 1. The number of anilines is 1. The molecule has 7 nitrogen and oxygen atoms in total. The zero-order valence-corrected chi connectivity index (χ0v) is 22.0. The molecular formula is C27H36N6OS. The van der Waals surface area contributed by atoms with E-state index in [1.54, 1.807) is 0 Å². The van der Waals surface area contributed by atoms with Gasteiger partial charge in [0.25, 0.3) is 0 Å². The van der Waals surface area contributed by atoms with Crippen molar-refractivity contribution in [1.82, 2.24) is 24.6 Å². The van der Waals surface area contributed by atoms with Crippen molar-refractivity contribution in [3.63, 3.8) is 0 Å². The standard InChI is InChI=1S/C27H36N6OS/c1-5-31(6-2)24-14-12-23(13-15-24)26-28-29-27(30(26)4)35-20-25(34)33-18-16-32(17-19-33)21(3)22-10-8-7-9-11-22/h7-15,21H,5-6,16-20H2,1-4H3. The van der Waals surface area contributed by atoms with Crippen LogP contribution in [0, 0.1) is 0 Å². The first-order valence-electron chi connectivity index (χ1n) is 12.5. The summed E-state index contributed by atoms with van der Waals surface area (Å²) < 4.78 is 1.98. The summed E-state index contributed by atoms with van der Waals surface area (Å²) in [7, 11) is 1.96. The van der Waals surface area contributed by atoms with E-state index in [-0.39, 0.29) is 5.91 Å². The van der Waals surface area contributed by atoms with Gasteiger partial charge in [-0.1, -0.05) is 42.1 Å². The third kappa shape index (κ3) is 5.87. The summed E-state index contributed by atoms with van der Waals surface area (Å²) in [6.45, 7) is 11.8. The minimum Gasteiger partial charge on any atom is -0.372 e. The molecule has 2 heterocycles. The van der Waals surface area contributed by atoms with Gasteiger partial charge in [0.1, 0.15) is 0 Å². The average molecular weight is 493 g/mol. The van der Waals surface area contributed by atoms with Crippen molar-refractivity contribution >= 4 is 23.4 Å². The molecule has 1 aliphatic heterocycles. The Kier molecular flexibility index (Phi) is 8.46. The molecule has 186 valence electrons. The van der Waals surface area contributed by atoms with Gasteiger partial charge in [-0.05, 0) is 50.6 Å². The van der Waals surface area contributed by atoms with Crippen LogP contribution in [0.15, 0.2) is 59.8 Å². The van der Waals surface area contributed by atoms with E-state index in [2.05, 4.69) is 89.3 Å². The zero-order chi connectivity index (χ0) is 24.8. The zero-order valence-electron chi connectivity index (χ0n) is 21.2. The van der Waals surface area contributed by atoms with Crippen LogP contribution in [0.2, 0.25) is 0 Å². The summed E-state index contributed by atoms with van der Waals surface area (Å²) in [5.74, 6) is 1.35. The van der Waals surface area contributed by atoms with Crippen molar-refractivity contribution in [3.05, 3.63) is 60.2 Å². The second kappa shape index (κ2) is 11.7. The predicted molar refractivity (Wildman–Crippen MR) is 144 cm³/mol. The molecule has 8 heteroatoms. The molecule has 0 N–H and O–H groups in total. The third-order valence-electron chi connectivity index (χ3n) is 6.91. The number of carbonyl (C=O) groups is 1. The molecule has 1 aromatic heterocycles. The van der Waals surface area contributed by atoms with Gasteiger partial charge < -0.3 is 14.4 Å². The van der Waals surface area contributed by atoms with Crippen LogP contribution < -0.4 is 4.90 Å². The molecule has 2 aromatic carbocycles. The van der Waals surface area contributed by atoms with Crippen LogP contribution in [0.5, 0.6) is 0 Å². The monoisotopic (exact) mass is 492 g/mol. The van der Waals surface area contributed by atoms with Crippen LogP contribution in [0.1, 0.15) is 32.4 Å². The highest BCUT2D eigenvalue weighted by Gasteiger charge is 2.25. The van der Waals surface area contributed by atoms with Crippen molar-refractivity contribution in [2.75, 3.05) is 49.9 Å². The average Bonchev–Trinajstić information content (AvgIpc) is 3.28. The van der Waals surface area contributed by atoms with Crippen LogP contribution in [-0.2, 0) is 11.8 Å². The second-order valence-electron chi connectivity index (χ2n) is 8.88. The lowest BCUT2D eigenvalue weighted by molar-refractivity contribution is -0.130. The number of benzene rings is 2. The minimum absolute atomic E-state index is 0.162. The smallest absolute Gasteiger partial charge is 0.233 e. The molecule has 0 aliphatic carbocycles. The molecule has 1 atom stereocenters. The highest BCUT2D eigenvalue weighted by atomic mass is 32.2. The summed E-state index contributed by atoms with van der Waals surface area (Å²) in [5, 5.41) is 9.51. The van der Waals surface area contributed by atoms with Crippen LogP contribution in [-0.4, -0.2) is 75.5 Å². The van der Waals surface area contributed by atoms with Gasteiger partial charge in [0.2, 0.25) is 5.91 Å². The maximum atomic E-state index is 12.9. The van der Waals surface area contributed by atoms with E-state index < -0.39 is 0 Å². The van der Waals surface area contributed by atoms with Gasteiger partial charge in [0.05, 0.1) is 5.75 Å². The number of hydrogen-bond acceptors (Lipinski definition) is 6. The molecule has 3 aromatic rings. The maximum absolute atomic E-state index is 12.9. The van der Waals surface area contributed by atoms with Gasteiger partial charge in [-0.2, -0.15) is 0 Å². The van der Waals surface area contributed by atoms with Gasteiger partial charge in [0, 0.05) is 63.6 Å². The molecule has 1 amide bonds. The molecule has 4 rings (SSSR count). The Balaban J connectivity index is 1.30. The fourth-order valence-corrected chi connectivity index (χ4v) is 5.43. The molecule has 0 saturated carbocycles. The maximum Gasteiger partial charge on any atom is 0.233 e. The first-order chi connectivity index (χ1) is 17.0. The Morgan fingerprint density at radius 3 is 2.26 bits per heavy atom. The quantitative estimate of drug-likeness (QED) is 0.415. The fourth-order valence-electron chi connectivity index (χ4n) is 4.62. The molecule has 1 unspecified atom stereocenters. The van der Waals surface area contributed by atoms with E-state index in [0.717, 1.165) is 55.8 Å². The normalized spacial score (nSPS) is 15.3. The summed E-state index contributed by atoms with van der Waals surface area (Å²) in [5.41, 5.74) is 3.56. The SMILES string of the molecule is CCN(CC)c1ccc(-c2nnc(SCC(=O)N3CCN(C(C)c4ccccc4)CC3)n2C)cc1. The van der Waals surface area contributed by atoms with E-state index >= 15 is 0 Å². The van der Waals surface area contributed by atoms with E-state index in [9.17, 15) is 4.79 Å². The molecular weight excluding hydrogens is 456 g/mol. The Morgan fingerprint density at radius 1 is 0.971 bits per heavy atom. The summed E-state index contributed by atoms with van der Waals surface area (Å²) in [6, 6.07) is 19.4. The fraction of sp³-hybridized carbons (Fsp3) is 0.444. The number of thioether (sulfide) groups is 1. The second-order valence-corrected chi connectivity index (χ2v) is 9.82. The topological polar surface area (TPSA) is 57.5 Å². The first kappa shape index (κ1) is 25.3. The van der Waals surface area contributed by atoms with Gasteiger partial charge in [-0.25, -0.2) is 0 Å².